The molecule has 0 aliphatic heterocycles. The van der Waals surface area contributed by atoms with Crippen molar-refractivity contribution in [1.29, 1.82) is 0 Å². The molecule has 2 N–H and O–H groups in total. The summed E-state index contributed by atoms with van der Waals surface area (Å²) in [5.41, 5.74) is 0. The molecule has 1 unspecified atom stereocenters. The first-order valence-corrected chi connectivity index (χ1v) is 5.68. The van der Waals surface area contributed by atoms with Gasteiger partial charge in [0.15, 0.2) is 5.25 Å². The maximum atomic E-state index is 11.0. The van der Waals surface area contributed by atoms with E-state index < -0.39 is 21.2 Å². The Balaban J connectivity index is 3.99. The van der Waals surface area contributed by atoms with Gasteiger partial charge in [-0.2, -0.15) is 0 Å². The molecule has 5 nitrogen and oxygen atoms in total. The van der Waals surface area contributed by atoms with Crippen LogP contribution < -0.4 is 5.14 Å². The summed E-state index contributed by atoms with van der Waals surface area (Å²) in [5, 5.41) is 3.48. The van der Waals surface area contributed by atoms with E-state index in [0.29, 0.717) is 0 Å². The van der Waals surface area contributed by atoms with E-state index in [2.05, 4.69) is 4.74 Å². The molecule has 0 aliphatic rings. The molecular weight excluding hydrogens is 194 g/mol. The van der Waals surface area contributed by atoms with Crippen molar-refractivity contribution in [2.75, 3.05) is 6.61 Å². The lowest BCUT2D eigenvalue weighted by atomic mass is 10.4. The van der Waals surface area contributed by atoms with Crippen molar-refractivity contribution in [3.63, 3.8) is 0 Å². The number of sulfonamides is 1. The van der Waals surface area contributed by atoms with Crippen LogP contribution in [0.2, 0.25) is 0 Å². The third kappa shape index (κ3) is 4.84. The van der Waals surface area contributed by atoms with Crippen molar-refractivity contribution in [2.24, 2.45) is 5.14 Å². The van der Waals surface area contributed by atoms with Crippen LogP contribution in [0.5, 0.6) is 0 Å². The Morgan fingerprint density at radius 2 is 2.08 bits per heavy atom. The Morgan fingerprint density at radius 1 is 1.54 bits per heavy atom. The highest BCUT2D eigenvalue weighted by Gasteiger charge is 2.25. The van der Waals surface area contributed by atoms with Crippen LogP contribution in [0.4, 0.5) is 0 Å². The lowest BCUT2D eigenvalue weighted by Crippen LogP contribution is -2.34. The van der Waals surface area contributed by atoms with Crippen molar-refractivity contribution < 1.29 is 17.9 Å². The molecule has 13 heavy (non-hydrogen) atoms. The minimum absolute atomic E-state index is 0.245. The van der Waals surface area contributed by atoms with Crippen LogP contribution in [-0.4, -0.2) is 26.2 Å². The van der Waals surface area contributed by atoms with E-state index in [4.69, 9.17) is 5.14 Å². The van der Waals surface area contributed by atoms with Gasteiger partial charge < -0.3 is 4.74 Å². The normalized spacial score (nSPS) is 13.8. The van der Waals surface area contributed by atoms with Crippen molar-refractivity contribution in [3.05, 3.63) is 0 Å². The minimum atomic E-state index is -3.81. The van der Waals surface area contributed by atoms with E-state index in [1.54, 1.807) is 0 Å². The molecule has 0 heterocycles. The molecule has 0 radical (unpaired) electrons. The summed E-state index contributed by atoms with van der Waals surface area (Å²) in [5.74, 6) is -0.782. The van der Waals surface area contributed by atoms with E-state index >= 15 is 0 Å². The molecule has 0 aromatic rings. The quantitative estimate of drug-likeness (QED) is 0.510. The topological polar surface area (TPSA) is 86.5 Å². The third-order valence-electron chi connectivity index (χ3n) is 1.57. The molecule has 0 aromatic carbocycles. The van der Waals surface area contributed by atoms with Gasteiger partial charge in [0, 0.05) is 0 Å². The predicted molar refractivity (Wildman–Crippen MR) is 48.4 cm³/mol. The van der Waals surface area contributed by atoms with Gasteiger partial charge in [-0.25, -0.2) is 13.6 Å². The first-order chi connectivity index (χ1) is 5.89. The Morgan fingerprint density at radius 3 is 2.46 bits per heavy atom. The highest BCUT2D eigenvalue weighted by Crippen LogP contribution is 1.99. The fraction of sp³-hybridized carbons (Fsp3) is 0.857. The maximum Gasteiger partial charge on any atom is 0.325 e. The molecule has 0 aromatic heterocycles. The minimum Gasteiger partial charge on any atom is -0.465 e. The van der Waals surface area contributed by atoms with Crippen molar-refractivity contribution in [2.45, 2.75) is 31.9 Å². The Bertz CT molecular complexity index is 260. The van der Waals surface area contributed by atoms with E-state index in [0.717, 1.165) is 12.8 Å². The van der Waals surface area contributed by atoms with Crippen LogP contribution >= 0.6 is 0 Å². The lowest BCUT2D eigenvalue weighted by Gasteiger charge is -2.08. The van der Waals surface area contributed by atoms with Gasteiger partial charge in [-0.15, -0.1) is 0 Å². The van der Waals surface area contributed by atoms with Crippen LogP contribution in [0.15, 0.2) is 0 Å². The monoisotopic (exact) mass is 209 g/mol. The summed E-state index contributed by atoms with van der Waals surface area (Å²) < 4.78 is 26.0. The predicted octanol–water partition coefficient (Wildman–Crippen LogP) is 0.00670. The number of primary sulfonamides is 1. The highest BCUT2D eigenvalue weighted by atomic mass is 32.2. The number of nitrogens with two attached hydrogens (primary N) is 1. The Kier molecular flexibility index (Phi) is 4.94. The number of esters is 1. The molecule has 0 saturated heterocycles. The fourth-order valence-corrected chi connectivity index (χ4v) is 0.905. The smallest absolute Gasteiger partial charge is 0.325 e. The van der Waals surface area contributed by atoms with Gasteiger partial charge in [0.05, 0.1) is 6.61 Å². The molecule has 78 valence electrons. The standard InChI is InChI=1S/C7H15NO4S/c1-3-4-5-12-7(9)6(2)13(8,10)11/h6H,3-5H2,1-2H3,(H2,8,10,11). The number of carbonyl (C=O) groups is 1. The van der Waals surface area contributed by atoms with Crippen molar-refractivity contribution in [1.82, 2.24) is 0 Å². The summed E-state index contributed by atoms with van der Waals surface area (Å²) in [6.45, 7) is 3.40. The van der Waals surface area contributed by atoms with Crippen molar-refractivity contribution >= 4 is 16.0 Å². The second kappa shape index (κ2) is 5.18. The Labute approximate surface area is 78.3 Å². The zero-order valence-corrected chi connectivity index (χ0v) is 8.63. The third-order valence-corrected chi connectivity index (χ3v) is 2.74. The summed E-state index contributed by atoms with van der Waals surface area (Å²) in [6, 6.07) is 0. The summed E-state index contributed by atoms with van der Waals surface area (Å²) in [7, 11) is -3.81. The average molecular weight is 209 g/mol. The summed E-state index contributed by atoms with van der Waals surface area (Å²) in [4.78, 5) is 11.0. The maximum absolute atomic E-state index is 11.0. The highest BCUT2D eigenvalue weighted by molar-refractivity contribution is 7.90. The van der Waals surface area contributed by atoms with Crippen LogP contribution in [0, 0.1) is 0 Å². The molecular formula is C7H15NO4S. The largest absolute Gasteiger partial charge is 0.465 e. The number of ether oxygens (including phenoxy) is 1. The van der Waals surface area contributed by atoms with Crippen molar-refractivity contribution in [3.8, 4) is 0 Å². The van der Waals surface area contributed by atoms with Crippen LogP contribution in [0.1, 0.15) is 26.7 Å². The SMILES string of the molecule is CCCCOC(=O)C(C)S(N)(=O)=O. The molecule has 0 saturated carbocycles. The lowest BCUT2D eigenvalue weighted by molar-refractivity contribution is -0.142. The van der Waals surface area contributed by atoms with Gasteiger partial charge in [-0.05, 0) is 13.3 Å². The molecule has 1 atom stereocenters. The zero-order valence-electron chi connectivity index (χ0n) is 7.82. The first kappa shape index (κ1) is 12.4. The number of carbonyl (C=O) groups excluding carboxylic acids is 1. The number of rotatable bonds is 5. The second-order valence-corrected chi connectivity index (χ2v) is 4.64. The van der Waals surface area contributed by atoms with Gasteiger partial charge in [0.1, 0.15) is 0 Å². The molecule has 0 bridgehead atoms. The van der Waals surface area contributed by atoms with Gasteiger partial charge >= 0.3 is 5.97 Å². The number of hydrogen-bond acceptors (Lipinski definition) is 4. The second-order valence-electron chi connectivity index (χ2n) is 2.75. The van der Waals surface area contributed by atoms with E-state index in [-0.39, 0.29) is 6.61 Å². The fourth-order valence-electron chi connectivity index (χ4n) is 0.569. The van der Waals surface area contributed by atoms with Gasteiger partial charge in [0.2, 0.25) is 10.0 Å². The van der Waals surface area contributed by atoms with Crippen LogP contribution in [0.25, 0.3) is 0 Å². The number of unbranched alkanes of at least 4 members (excludes halogenated alkanes) is 1. The summed E-state index contributed by atoms with van der Waals surface area (Å²) >= 11 is 0. The molecule has 0 amide bonds. The Hall–Kier alpha value is -0.620. The zero-order chi connectivity index (χ0) is 10.5. The first-order valence-electron chi connectivity index (χ1n) is 4.07. The van der Waals surface area contributed by atoms with Gasteiger partial charge in [-0.1, -0.05) is 13.3 Å². The molecule has 0 spiro atoms. The molecule has 0 fully saturated rings. The summed E-state index contributed by atoms with van der Waals surface area (Å²) in [6.07, 6.45) is 1.61. The molecule has 6 heteroatoms. The van der Waals surface area contributed by atoms with Crippen LogP contribution in [-0.2, 0) is 19.6 Å². The average Bonchev–Trinajstić information content (AvgIpc) is 2.01. The van der Waals surface area contributed by atoms with Gasteiger partial charge in [0.25, 0.3) is 0 Å². The van der Waals surface area contributed by atoms with E-state index in [1.807, 2.05) is 6.92 Å². The van der Waals surface area contributed by atoms with E-state index in [1.165, 1.54) is 6.92 Å². The van der Waals surface area contributed by atoms with Gasteiger partial charge in [-0.3, -0.25) is 4.79 Å². The molecule has 0 aliphatic carbocycles. The molecule has 0 rings (SSSR count). The number of hydrogen-bond donors (Lipinski definition) is 1. The van der Waals surface area contributed by atoms with E-state index in [9.17, 15) is 13.2 Å². The van der Waals surface area contributed by atoms with Crippen LogP contribution in [0.3, 0.4) is 0 Å².